The number of rotatable bonds is 2. The Morgan fingerprint density at radius 1 is 1.35 bits per heavy atom. The number of amides is 1. The number of nitrogens with zero attached hydrogens (tertiary/aromatic N) is 2. The zero-order chi connectivity index (χ0) is 12.3. The molecule has 0 aliphatic rings. The minimum absolute atomic E-state index is 0.279. The molecule has 1 heterocycles. The summed E-state index contributed by atoms with van der Waals surface area (Å²) >= 11 is 5.84. The molecule has 2 aromatic rings. The molecule has 5 heteroatoms. The van der Waals surface area contributed by atoms with E-state index in [2.05, 4.69) is 15.5 Å². The Kier molecular flexibility index (Phi) is 3.35. The maximum Gasteiger partial charge on any atom is 0.276 e. The van der Waals surface area contributed by atoms with Crippen molar-refractivity contribution < 1.29 is 4.79 Å². The van der Waals surface area contributed by atoms with Crippen molar-refractivity contribution in [3.8, 4) is 0 Å². The zero-order valence-electron chi connectivity index (χ0n) is 9.14. The van der Waals surface area contributed by atoms with Gasteiger partial charge in [0.05, 0.1) is 0 Å². The minimum atomic E-state index is -0.288. The fourth-order valence-electron chi connectivity index (χ4n) is 1.38. The van der Waals surface area contributed by atoms with Crippen LogP contribution in [0.3, 0.4) is 0 Å². The maximum absolute atomic E-state index is 11.8. The Hall–Kier alpha value is -1.94. The topological polar surface area (TPSA) is 54.9 Å². The van der Waals surface area contributed by atoms with Gasteiger partial charge in [-0.25, -0.2) is 0 Å². The Bertz CT molecular complexity index is 543. The highest BCUT2D eigenvalue weighted by Crippen LogP contribution is 2.19. The first-order valence-corrected chi connectivity index (χ1v) is 5.40. The van der Waals surface area contributed by atoms with Crippen LogP contribution < -0.4 is 5.32 Å². The highest BCUT2D eigenvalue weighted by atomic mass is 35.5. The maximum atomic E-state index is 11.8. The van der Waals surface area contributed by atoms with Crippen LogP contribution in [0.5, 0.6) is 0 Å². The van der Waals surface area contributed by atoms with Crippen LogP contribution in [0.15, 0.2) is 36.5 Å². The first kappa shape index (κ1) is 11.5. The molecule has 17 heavy (non-hydrogen) atoms. The lowest BCUT2D eigenvalue weighted by Crippen LogP contribution is -2.14. The fourth-order valence-corrected chi connectivity index (χ4v) is 1.60. The van der Waals surface area contributed by atoms with Crippen LogP contribution in [-0.4, -0.2) is 16.1 Å². The molecular formula is C12H10ClN3O. The number of carbonyl (C=O) groups excluding carboxylic acids is 1. The summed E-state index contributed by atoms with van der Waals surface area (Å²) in [4.78, 5) is 11.8. The molecule has 2 rings (SSSR count). The van der Waals surface area contributed by atoms with Crippen LogP contribution >= 0.6 is 11.6 Å². The molecule has 0 spiro atoms. The van der Waals surface area contributed by atoms with Crippen LogP contribution in [0.25, 0.3) is 0 Å². The lowest BCUT2D eigenvalue weighted by Gasteiger charge is -2.07. The number of hydrogen-bond donors (Lipinski definition) is 1. The molecule has 0 saturated heterocycles. The minimum Gasteiger partial charge on any atom is -0.320 e. The van der Waals surface area contributed by atoms with Gasteiger partial charge >= 0.3 is 0 Å². The van der Waals surface area contributed by atoms with Crippen molar-refractivity contribution in [2.45, 2.75) is 6.92 Å². The summed E-state index contributed by atoms with van der Waals surface area (Å²) in [5.74, 6) is -0.288. The molecule has 0 saturated carbocycles. The van der Waals surface area contributed by atoms with Crippen LogP contribution in [0.2, 0.25) is 5.02 Å². The molecule has 0 aliphatic heterocycles. The summed E-state index contributed by atoms with van der Waals surface area (Å²) in [7, 11) is 0. The lowest BCUT2D eigenvalue weighted by molar-refractivity contribution is 0.102. The summed E-state index contributed by atoms with van der Waals surface area (Å²) in [6, 6.07) is 8.53. The van der Waals surface area contributed by atoms with E-state index in [0.29, 0.717) is 10.7 Å². The number of halogens is 1. The Morgan fingerprint density at radius 2 is 2.18 bits per heavy atom. The monoisotopic (exact) mass is 247 g/mol. The second-order valence-corrected chi connectivity index (χ2v) is 3.96. The molecule has 1 N–H and O–H groups in total. The molecule has 0 aliphatic carbocycles. The van der Waals surface area contributed by atoms with Crippen molar-refractivity contribution >= 4 is 23.2 Å². The molecule has 0 atom stereocenters. The standard InChI is InChI=1S/C12H10ClN3O/c1-8-7-9(13)4-5-10(8)15-12(17)11-3-2-6-14-16-11/h2-7H,1H3,(H,15,17). The zero-order valence-corrected chi connectivity index (χ0v) is 9.90. The van der Waals surface area contributed by atoms with E-state index in [9.17, 15) is 4.79 Å². The van der Waals surface area contributed by atoms with Gasteiger partial charge in [-0.2, -0.15) is 5.10 Å². The molecule has 1 aromatic heterocycles. The highest BCUT2D eigenvalue weighted by Gasteiger charge is 2.08. The van der Waals surface area contributed by atoms with Crippen LogP contribution in [0, 0.1) is 6.92 Å². The van der Waals surface area contributed by atoms with E-state index in [-0.39, 0.29) is 11.6 Å². The van der Waals surface area contributed by atoms with Gasteiger partial charge in [-0.05, 0) is 42.8 Å². The van der Waals surface area contributed by atoms with E-state index in [1.165, 1.54) is 6.20 Å². The van der Waals surface area contributed by atoms with Gasteiger partial charge in [-0.15, -0.1) is 5.10 Å². The fraction of sp³-hybridized carbons (Fsp3) is 0.0833. The van der Waals surface area contributed by atoms with Gasteiger partial charge in [0.15, 0.2) is 5.69 Å². The molecule has 1 amide bonds. The van der Waals surface area contributed by atoms with Gasteiger partial charge in [-0.3, -0.25) is 4.79 Å². The van der Waals surface area contributed by atoms with E-state index in [1.807, 2.05) is 6.92 Å². The van der Waals surface area contributed by atoms with Crippen molar-refractivity contribution in [1.29, 1.82) is 0 Å². The Balaban J connectivity index is 2.19. The second kappa shape index (κ2) is 4.93. The second-order valence-electron chi connectivity index (χ2n) is 3.52. The summed E-state index contributed by atoms with van der Waals surface area (Å²) in [6.07, 6.45) is 1.52. The van der Waals surface area contributed by atoms with Crippen LogP contribution in [0.4, 0.5) is 5.69 Å². The number of nitrogens with one attached hydrogen (secondary N) is 1. The third-order valence-corrected chi connectivity index (χ3v) is 2.48. The van der Waals surface area contributed by atoms with Gasteiger partial charge in [0.25, 0.3) is 5.91 Å². The van der Waals surface area contributed by atoms with Crippen molar-refractivity contribution in [3.05, 3.63) is 52.8 Å². The Labute approximate surface area is 104 Å². The van der Waals surface area contributed by atoms with E-state index < -0.39 is 0 Å². The van der Waals surface area contributed by atoms with Gasteiger partial charge < -0.3 is 5.32 Å². The molecule has 0 bridgehead atoms. The van der Waals surface area contributed by atoms with Gasteiger partial charge in [-0.1, -0.05) is 11.6 Å². The van der Waals surface area contributed by atoms with Gasteiger partial charge in [0.2, 0.25) is 0 Å². The van der Waals surface area contributed by atoms with Crippen LogP contribution in [-0.2, 0) is 0 Å². The largest absolute Gasteiger partial charge is 0.320 e. The number of anilines is 1. The number of aryl methyl sites for hydroxylation is 1. The summed E-state index contributed by atoms with van der Waals surface area (Å²) in [5, 5.41) is 10.8. The quantitative estimate of drug-likeness (QED) is 0.888. The molecule has 0 radical (unpaired) electrons. The third kappa shape index (κ3) is 2.79. The summed E-state index contributed by atoms with van der Waals surface area (Å²) in [6.45, 7) is 1.87. The SMILES string of the molecule is Cc1cc(Cl)ccc1NC(=O)c1cccnn1. The highest BCUT2D eigenvalue weighted by molar-refractivity contribution is 6.30. The van der Waals surface area contributed by atoms with Gasteiger partial charge in [0, 0.05) is 16.9 Å². The first-order chi connectivity index (χ1) is 8.16. The van der Waals surface area contributed by atoms with E-state index in [4.69, 9.17) is 11.6 Å². The molecular weight excluding hydrogens is 238 g/mol. The van der Waals surface area contributed by atoms with Crippen molar-refractivity contribution in [2.24, 2.45) is 0 Å². The smallest absolute Gasteiger partial charge is 0.276 e. The molecule has 4 nitrogen and oxygen atoms in total. The van der Waals surface area contributed by atoms with E-state index in [1.54, 1.807) is 30.3 Å². The molecule has 86 valence electrons. The predicted molar refractivity (Wildman–Crippen MR) is 66.2 cm³/mol. The average molecular weight is 248 g/mol. The van der Waals surface area contributed by atoms with Crippen molar-refractivity contribution in [2.75, 3.05) is 5.32 Å². The Morgan fingerprint density at radius 3 is 2.82 bits per heavy atom. The van der Waals surface area contributed by atoms with E-state index in [0.717, 1.165) is 5.56 Å². The normalized spacial score (nSPS) is 10.0. The van der Waals surface area contributed by atoms with Crippen molar-refractivity contribution in [3.63, 3.8) is 0 Å². The van der Waals surface area contributed by atoms with Crippen molar-refractivity contribution in [1.82, 2.24) is 10.2 Å². The molecule has 0 unspecified atom stereocenters. The number of hydrogen-bond acceptors (Lipinski definition) is 3. The third-order valence-electron chi connectivity index (χ3n) is 2.24. The number of aromatic nitrogens is 2. The van der Waals surface area contributed by atoms with E-state index >= 15 is 0 Å². The average Bonchev–Trinajstić information content (AvgIpc) is 2.34. The summed E-state index contributed by atoms with van der Waals surface area (Å²) in [5.41, 5.74) is 1.89. The van der Waals surface area contributed by atoms with Crippen LogP contribution in [0.1, 0.15) is 16.1 Å². The number of benzene rings is 1. The molecule has 1 aromatic carbocycles. The lowest BCUT2D eigenvalue weighted by atomic mass is 10.2. The molecule has 0 fully saturated rings. The summed E-state index contributed by atoms with van der Waals surface area (Å²) < 4.78 is 0. The first-order valence-electron chi connectivity index (χ1n) is 5.02. The number of carbonyl (C=O) groups is 1. The van der Waals surface area contributed by atoms with Gasteiger partial charge in [0.1, 0.15) is 0 Å². The predicted octanol–water partition coefficient (Wildman–Crippen LogP) is 2.69.